The maximum Gasteiger partial charge on any atom is 0.354 e. The van der Waals surface area contributed by atoms with E-state index in [-0.39, 0.29) is 45.8 Å². The molecule has 9 rings (SSSR count). The number of pyridine rings is 2. The number of aromatic hydroxyl groups is 2. The van der Waals surface area contributed by atoms with Crippen LogP contribution in [0.15, 0.2) is 183 Å². The Bertz CT molecular complexity index is 3080. The SMILES string of the molecule is C.O=c1cc(O)c2c(=O)n(-c3ccccc3)c3ccccc3c2o1.O=c1oc2c(c(O)c1Sc1ccccc1)c(=O)n(-c1ccccc1)c1ccccc21. The molecule has 0 aliphatic carbocycles. The summed E-state index contributed by atoms with van der Waals surface area (Å²) in [6.07, 6.45) is 0. The van der Waals surface area contributed by atoms with Gasteiger partial charge >= 0.3 is 11.3 Å². The fourth-order valence-electron chi connectivity index (χ4n) is 6.30. The van der Waals surface area contributed by atoms with E-state index in [9.17, 15) is 29.4 Å². The van der Waals surface area contributed by atoms with Gasteiger partial charge in [0.25, 0.3) is 11.1 Å². The van der Waals surface area contributed by atoms with Gasteiger partial charge in [-0.25, -0.2) is 9.59 Å². The van der Waals surface area contributed by atoms with Gasteiger partial charge in [0.15, 0.2) is 16.9 Å². The summed E-state index contributed by atoms with van der Waals surface area (Å²) in [5, 5.41) is 22.2. The first-order chi connectivity index (χ1) is 25.8. The van der Waals surface area contributed by atoms with Gasteiger partial charge in [0.2, 0.25) is 0 Å². The largest absolute Gasteiger partial charge is 0.507 e. The molecule has 4 aromatic heterocycles. The lowest BCUT2D eigenvalue weighted by atomic mass is 10.1. The molecule has 0 aliphatic heterocycles. The Balaban J connectivity index is 0.000000169. The standard InChI is InChI=1S/C24H15NO4S.C18H11NO4.CH4/c26-20-19-21(29-24(28)22(20)30-16-11-5-2-6-12-16)17-13-7-8-14-18(17)25(23(19)27)15-9-3-1-4-10-15;20-14-10-15(21)23-17-12-8-4-5-9-13(12)19(18(22)16(14)17)11-6-2-1-3-7-11;/h1-14,26H;1-10,20H;1H4. The smallest absolute Gasteiger partial charge is 0.354 e. The number of hydrogen-bond donors (Lipinski definition) is 2. The monoisotopic (exact) mass is 734 g/mol. The van der Waals surface area contributed by atoms with Crippen molar-refractivity contribution in [3.63, 3.8) is 0 Å². The van der Waals surface area contributed by atoms with Gasteiger partial charge in [-0.3, -0.25) is 18.7 Å². The zero-order valence-corrected chi connectivity index (χ0v) is 28.3. The highest BCUT2D eigenvalue weighted by Gasteiger charge is 2.23. The van der Waals surface area contributed by atoms with Gasteiger partial charge in [0.05, 0.1) is 17.1 Å². The van der Waals surface area contributed by atoms with Crippen molar-refractivity contribution in [2.45, 2.75) is 17.2 Å². The molecule has 0 saturated heterocycles. The van der Waals surface area contributed by atoms with Crippen LogP contribution in [0.4, 0.5) is 0 Å². The molecule has 54 heavy (non-hydrogen) atoms. The molecule has 0 radical (unpaired) electrons. The van der Waals surface area contributed by atoms with Gasteiger partial charge < -0.3 is 19.0 Å². The molecule has 0 aliphatic rings. The fraction of sp³-hybridized carbons (Fsp3) is 0.0233. The van der Waals surface area contributed by atoms with Crippen molar-refractivity contribution in [2.24, 2.45) is 0 Å². The maximum absolute atomic E-state index is 13.5. The van der Waals surface area contributed by atoms with Crippen LogP contribution in [0, 0.1) is 0 Å². The molecule has 266 valence electrons. The number of fused-ring (bicyclic) bond motifs is 6. The highest BCUT2D eigenvalue weighted by atomic mass is 32.2. The lowest BCUT2D eigenvalue weighted by Gasteiger charge is -2.14. The summed E-state index contributed by atoms with van der Waals surface area (Å²) in [6.45, 7) is 0. The van der Waals surface area contributed by atoms with Gasteiger partial charge in [-0.15, -0.1) is 0 Å². The molecule has 5 aromatic carbocycles. The molecule has 11 heteroatoms. The van der Waals surface area contributed by atoms with Crippen molar-refractivity contribution in [3.05, 3.63) is 187 Å². The summed E-state index contributed by atoms with van der Waals surface area (Å²) in [5.41, 5.74) is 0.428. The summed E-state index contributed by atoms with van der Waals surface area (Å²) >= 11 is 1.07. The Hall–Kier alpha value is -7.11. The molecule has 10 nitrogen and oxygen atoms in total. The Morgan fingerprint density at radius 3 is 1.50 bits per heavy atom. The van der Waals surface area contributed by atoms with E-state index in [2.05, 4.69) is 0 Å². The van der Waals surface area contributed by atoms with E-state index in [0.29, 0.717) is 33.2 Å². The summed E-state index contributed by atoms with van der Waals surface area (Å²) in [6, 6.07) is 42.6. The summed E-state index contributed by atoms with van der Waals surface area (Å²) in [4.78, 5) is 51.5. The Kier molecular flexibility index (Phi) is 9.47. The molecule has 0 unspecified atom stereocenters. The minimum Gasteiger partial charge on any atom is -0.507 e. The van der Waals surface area contributed by atoms with Crippen LogP contribution in [0.2, 0.25) is 0 Å². The van der Waals surface area contributed by atoms with Crippen molar-refractivity contribution < 1.29 is 19.0 Å². The Morgan fingerprint density at radius 1 is 0.519 bits per heavy atom. The highest BCUT2D eigenvalue weighted by molar-refractivity contribution is 7.99. The molecule has 4 heterocycles. The summed E-state index contributed by atoms with van der Waals surface area (Å²) in [7, 11) is 0. The van der Waals surface area contributed by atoms with Crippen LogP contribution >= 0.6 is 11.8 Å². The average Bonchev–Trinajstić information content (AvgIpc) is 3.18. The van der Waals surface area contributed by atoms with Gasteiger partial charge in [0.1, 0.15) is 21.4 Å². The molecule has 0 bridgehead atoms. The second-order valence-electron chi connectivity index (χ2n) is 11.8. The van der Waals surface area contributed by atoms with E-state index in [1.165, 1.54) is 9.13 Å². The van der Waals surface area contributed by atoms with Crippen LogP contribution in [-0.4, -0.2) is 19.3 Å². The second-order valence-corrected chi connectivity index (χ2v) is 12.9. The number of nitrogens with zero attached hydrogens (tertiary/aromatic N) is 2. The lowest BCUT2D eigenvalue weighted by molar-refractivity contribution is 0.447. The number of aromatic nitrogens is 2. The predicted octanol–water partition coefficient (Wildman–Crippen LogP) is 8.39. The van der Waals surface area contributed by atoms with Crippen LogP contribution in [0.3, 0.4) is 0 Å². The van der Waals surface area contributed by atoms with Crippen molar-refractivity contribution >= 4 is 55.5 Å². The van der Waals surface area contributed by atoms with Gasteiger partial charge in [-0.05, 0) is 60.7 Å². The normalized spacial score (nSPS) is 11.0. The molecular formula is C43H30N2O8S. The number of para-hydroxylation sites is 4. The zero-order chi connectivity index (χ0) is 36.6. The lowest BCUT2D eigenvalue weighted by Crippen LogP contribution is -2.20. The third-order valence-electron chi connectivity index (χ3n) is 8.60. The fourth-order valence-corrected chi connectivity index (χ4v) is 7.15. The predicted molar refractivity (Wildman–Crippen MR) is 212 cm³/mol. The van der Waals surface area contributed by atoms with Crippen molar-refractivity contribution in [1.29, 1.82) is 0 Å². The van der Waals surface area contributed by atoms with Gasteiger partial charge in [-0.1, -0.05) is 98.1 Å². The van der Waals surface area contributed by atoms with Crippen LogP contribution in [0.25, 0.3) is 55.1 Å². The van der Waals surface area contributed by atoms with E-state index in [0.717, 1.165) is 22.7 Å². The summed E-state index contributed by atoms with van der Waals surface area (Å²) in [5.74, 6) is -0.743. The second kappa shape index (κ2) is 14.5. The van der Waals surface area contributed by atoms with E-state index in [4.69, 9.17) is 8.83 Å². The number of hydrogen-bond acceptors (Lipinski definition) is 9. The van der Waals surface area contributed by atoms with Crippen molar-refractivity contribution in [3.8, 4) is 22.9 Å². The van der Waals surface area contributed by atoms with E-state index in [1.807, 2.05) is 84.9 Å². The quantitative estimate of drug-likeness (QED) is 0.170. The first kappa shape index (κ1) is 35.3. The van der Waals surface area contributed by atoms with Crippen LogP contribution in [0.1, 0.15) is 7.43 Å². The molecule has 2 N–H and O–H groups in total. The zero-order valence-electron chi connectivity index (χ0n) is 27.5. The van der Waals surface area contributed by atoms with Crippen LogP contribution in [0.5, 0.6) is 11.5 Å². The first-order valence-electron chi connectivity index (χ1n) is 16.3. The Morgan fingerprint density at radius 2 is 0.963 bits per heavy atom. The Labute approximate surface area is 310 Å². The molecular weight excluding hydrogens is 705 g/mol. The van der Waals surface area contributed by atoms with Crippen molar-refractivity contribution in [1.82, 2.24) is 9.13 Å². The minimum atomic E-state index is -0.697. The van der Waals surface area contributed by atoms with E-state index in [1.54, 1.807) is 54.6 Å². The molecule has 0 saturated carbocycles. The maximum atomic E-state index is 13.5. The highest BCUT2D eigenvalue weighted by Crippen LogP contribution is 2.37. The number of rotatable bonds is 4. The van der Waals surface area contributed by atoms with Gasteiger partial charge in [0, 0.05) is 27.0 Å². The van der Waals surface area contributed by atoms with E-state index >= 15 is 0 Å². The molecule has 0 amide bonds. The van der Waals surface area contributed by atoms with E-state index < -0.39 is 22.4 Å². The first-order valence-corrected chi connectivity index (χ1v) is 17.1. The number of benzene rings is 5. The minimum absolute atomic E-state index is 0. The molecule has 0 atom stereocenters. The van der Waals surface area contributed by atoms with Gasteiger partial charge in [-0.2, -0.15) is 0 Å². The van der Waals surface area contributed by atoms with Crippen molar-refractivity contribution in [2.75, 3.05) is 0 Å². The molecule has 0 fully saturated rings. The average molecular weight is 735 g/mol. The summed E-state index contributed by atoms with van der Waals surface area (Å²) < 4.78 is 13.8. The molecule has 0 spiro atoms. The third-order valence-corrected chi connectivity index (χ3v) is 9.68. The van der Waals surface area contributed by atoms with Crippen LogP contribution in [-0.2, 0) is 0 Å². The third kappa shape index (κ3) is 6.12. The van der Waals surface area contributed by atoms with Crippen LogP contribution < -0.4 is 22.4 Å². The topological polar surface area (TPSA) is 145 Å². The molecule has 9 aromatic rings.